The standard InChI is InChI=1S/C26H37FN2O15/c1-5-11-17(31)19(33)14(42-20(11)24(35)39-3)10-41-8-12-18(32)22(15(9-38-2)43-21(12)25(36)40-4)44-16(30)7-29-6-13(27)23(34)28-26(29)37/h6,11-12,14-15,17-22,31-33H,5,7-10H2,1-4H3,(H,28,34,37)/t11?,12?,14-,15+,17?,18?,19?,20?,21?,22?/m0/s1. The first-order valence-corrected chi connectivity index (χ1v) is 13.6. The zero-order chi connectivity index (χ0) is 32.7. The third-order valence-electron chi connectivity index (χ3n) is 7.53. The maximum absolute atomic E-state index is 13.7. The highest BCUT2D eigenvalue weighted by Gasteiger charge is 2.51. The summed E-state index contributed by atoms with van der Waals surface area (Å²) in [6.45, 7) is -0.285. The molecule has 2 aliphatic rings. The van der Waals surface area contributed by atoms with E-state index in [9.17, 15) is 43.7 Å². The Labute approximate surface area is 249 Å². The molecule has 3 heterocycles. The number of aromatic nitrogens is 2. The Bertz CT molecular complexity index is 1270. The summed E-state index contributed by atoms with van der Waals surface area (Å²) in [7, 11) is 3.52. The molecule has 0 bridgehead atoms. The number of nitrogens with zero attached hydrogens (tertiary/aromatic N) is 1. The van der Waals surface area contributed by atoms with E-state index in [1.165, 1.54) is 7.11 Å². The van der Waals surface area contributed by atoms with Gasteiger partial charge in [0.25, 0.3) is 5.56 Å². The molecule has 0 radical (unpaired) electrons. The topological polar surface area (TPSA) is 231 Å². The van der Waals surface area contributed by atoms with Gasteiger partial charge in [-0.25, -0.2) is 14.4 Å². The number of carbonyl (C=O) groups excluding carboxylic acids is 3. The van der Waals surface area contributed by atoms with Crippen LogP contribution in [0.1, 0.15) is 13.3 Å². The fourth-order valence-corrected chi connectivity index (χ4v) is 5.20. The van der Waals surface area contributed by atoms with Crippen LogP contribution in [0.5, 0.6) is 0 Å². The molecule has 0 amide bonds. The van der Waals surface area contributed by atoms with Gasteiger partial charge in [0.1, 0.15) is 31.0 Å². The van der Waals surface area contributed by atoms with E-state index in [-0.39, 0.29) is 6.61 Å². The van der Waals surface area contributed by atoms with E-state index < -0.39 is 115 Å². The SMILES string of the molecule is CCC1C(C(=O)OC)O[C@@H](COCC2C(C(=O)OC)O[C@H](COC)C(OC(=O)Cn3cc(F)c(=O)[nH]c3=O)C2O)C(O)C1O. The van der Waals surface area contributed by atoms with Crippen molar-refractivity contribution < 1.29 is 67.3 Å². The van der Waals surface area contributed by atoms with Crippen molar-refractivity contribution in [3.8, 4) is 0 Å². The smallest absolute Gasteiger partial charge is 0.335 e. The van der Waals surface area contributed by atoms with Crippen LogP contribution in [0.25, 0.3) is 0 Å². The van der Waals surface area contributed by atoms with E-state index >= 15 is 0 Å². The van der Waals surface area contributed by atoms with Crippen molar-refractivity contribution in [3.05, 3.63) is 32.9 Å². The first-order chi connectivity index (χ1) is 20.9. The second kappa shape index (κ2) is 15.6. The zero-order valence-electron chi connectivity index (χ0n) is 24.5. The number of carbonyl (C=O) groups is 3. The minimum Gasteiger partial charge on any atom is -0.467 e. The summed E-state index contributed by atoms with van der Waals surface area (Å²) in [5, 5.41) is 32.4. The largest absolute Gasteiger partial charge is 0.467 e. The van der Waals surface area contributed by atoms with Crippen molar-refractivity contribution in [1.82, 2.24) is 9.55 Å². The molecule has 2 aliphatic heterocycles. The molecular formula is C26H37FN2O15. The molecule has 0 aromatic carbocycles. The number of methoxy groups -OCH3 is 3. The molecular weight excluding hydrogens is 599 g/mol. The first-order valence-electron chi connectivity index (χ1n) is 13.6. The molecule has 248 valence electrons. The van der Waals surface area contributed by atoms with Gasteiger partial charge in [0.15, 0.2) is 18.3 Å². The zero-order valence-corrected chi connectivity index (χ0v) is 24.5. The van der Waals surface area contributed by atoms with Gasteiger partial charge in [-0.1, -0.05) is 6.92 Å². The number of hydrogen-bond acceptors (Lipinski definition) is 15. The van der Waals surface area contributed by atoms with Gasteiger partial charge in [-0.15, -0.1) is 0 Å². The van der Waals surface area contributed by atoms with Gasteiger partial charge in [0, 0.05) is 18.9 Å². The maximum Gasteiger partial charge on any atom is 0.335 e. The van der Waals surface area contributed by atoms with Crippen molar-refractivity contribution in [1.29, 1.82) is 0 Å². The fourth-order valence-electron chi connectivity index (χ4n) is 5.20. The van der Waals surface area contributed by atoms with Gasteiger partial charge >= 0.3 is 23.6 Å². The fraction of sp³-hybridized carbons (Fsp3) is 0.731. The Balaban J connectivity index is 1.77. The van der Waals surface area contributed by atoms with Gasteiger partial charge < -0.3 is 48.5 Å². The summed E-state index contributed by atoms with van der Waals surface area (Å²) in [5.41, 5.74) is -2.37. The molecule has 0 spiro atoms. The Hall–Kier alpha value is -3.26. The molecule has 4 N–H and O–H groups in total. The van der Waals surface area contributed by atoms with Crippen LogP contribution in [0.2, 0.25) is 0 Å². The highest BCUT2D eigenvalue weighted by Crippen LogP contribution is 2.32. The third kappa shape index (κ3) is 7.87. The van der Waals surface area contributed by atoms with E-state index in [2.05, 4.69) is 0 Å². The summed E-state index contributed by atoms with van der Waals surface area (Å²) >= 11 is 0. The van der Waals surface area contributed by atoms with E-state index in [0.29, 0.717) is 17.2 Å². The highest BCUT2D eigenvalue weighted by atomic mass is 19.1. The summed E-state index contributed by atoms with van der Waals surface area (Å²) in [6.07, 6.45) is -10.2. The number of hydrogen-bond donors (Lipinski definition) is 4. The number of aliphatic hydroxyl groups is 3. The molecule has 3 rings (SSSR count). The summed E-state index contributed by atoms with van der Waals surface area (Å²) in [5.74, 6) is -6.10. The summed E-state index contributed by atoms with van der Waals surface area (Å²) in [6, 6.07) is 0. The average molecular weight is 637 g/mol. The normalized spacial score (nSPS) is 32.1. The molecule has 0 saturated carbocycles. The van der Waals surface area contributed by atoms with Crippen molar-refractivity contribution in [2.24, 2.45) is 11.8 Å². The van der Waals surface area contributed by atoms with Crippen LogP contribution in [0, 0.1) is 17.7 Å². The second-order valence-corrected chi connectivity index (χ2v) is 10.3. The monoisotopic (exact) mass is 636 g/mol. The molecule has 2 fully saturated rings. The predicted molar refractivity (Wildman–Crippen MR) is 141 cm³/mol. The van der Waals surface area contributed by atoms with Crippen LogP contribution < -0.4 is 11.2 Å². The molecule has 1 aromatic rings. The number of H-pyrrole nitrogens is 1. The van der Waals surface area contributed by atoms with Gasteiger partial charge in [-0.05, 0) is 6.42 Å². The average Bonchev–Trinajstić information content (AvgIpc) is 2.99. The Kier molecular flexibility index (Phi) is 12.5. The maximum atomic E-state index is 13.7. The minimum atomic E-state index is -1.66. The Morgan fingerprint density at radius 2 is 1.52 bits per heavy atom. The van der Waals surface area contributed by atoms with Crippen LogP contribution in [0.4, 0.5) is 4.39 Å². The van der Waals surface area contributed by atoms with Crippen LogP contribution in [0.15, 0.2) is 15.8 Å². The van der Waals surface area contributed by atoms with E-state index in [0.717, 1.165) is 14.2 Å². The van der Waals surface area contributed by atoms with Gasteiger partial charge in [0.05, 0.1) is 46.3 Å². The van der Waals surface area contributed by atoms with E-state index in [1.807, 2.05) is 0 Å². The van der Waals surface area contributed by atoms with Crippen molar-refractivity contribution in [3.63, 3.8) is 0 Å². The lowest BCUT2D eigenvalue weighted by Crippen LogP contribution is -2.61. The lowest BCUT2D eigenvalue weighted by atomic mass is 9.84. The third-order valence-corrected chi connectivity index (χ3v) is 7.53. The number of ether oxygens (including phenoxy) is 7. The molecule has 18 heteroatoms. The van der Waals surface area contributed by atoms with Gasteiger partial charge in [-0.3, -0.25) is 19.1 Å². The van der Waals surface area contributed by atoms with Gasteiger partial charge in [0.2, 0.25) is 5.82 Å². The number of esters is 3. The summed E-state index contributed by atoms with van der Waals surface area (Å²) in [4.78, 5) is 62.5. The molecule has 1 aromatic heterocycles. The second-order valence-electron chi connectivity index (χ2n) is 10.3. The number of aromatic amines is 1. The first kappa shape index (κ1) is 35.2. The quantitative estimate of drug-likeness (QED) is 0.131. The predicted octanol–water partition coefficient (Wildman–Crippen LogP) is -3.14. The van der Waals surface area contributed by atoms with Gasteiger partial charge in [-0.2, -0.15) is 4.39 Å². The molecule has 2 saturated heterocycles. The Morgan fingerprint density at radius 3 is 2.11 bits per heavy atom. The van der Waals surface area contributed by atoms with E-state index in [4.69, 9.17) is 33.2 Å². The van der Waals surface area contributed by atoms with E-state index in [1.54, 1.807) is 11.9 Å². The highest BCUT2D eigenvalue weighted by molar-refractivity contribution is 5.76. The van der Waals surface area contributed by atoms with Crippen LogP contribution in [0.3, 0.4) is 0 Å². The van der Waals surface area contributed by atoms with Crippen LogP contribution in [-0.4, -0.2) is 133 Å². The molecule has 0 aliphatic carbocycles. The molecule has 8 unspecified atom stereocenters. The Morgan fingerprint density at radius 1 is 0.909 bits per heavy atom. The number of halogens is 1. The molecule has 10 atom stereocenters. The molecule has 44 heavy (non-hydrogen) atoms. The van der Waals surface area contributed by atoms with Crippen molar-refractivity contribution in [2.75, 3.05) is 41.2 Å². The van der Waals surface area contributed by atoms with Crippen LogP contribution >= 0.6 is 0 Å². The summed E-state index contributed by atoms with van der Waals surface area (Å²) < 4.78 is 51.3. The van der Waals surface area contributed by atoms with Crippen LogP contribution in [-0.2, 0) is 54.1 Å². The number of nitrogens with one attached hydrogen (secondary N) is 1. The number of aliphatic hydroxyl groups excluding tert-OH is 3. The minimum absolute atomic E-state index is 0.267. The molecule has 17 nitrogen and oxygen atoms in total. The van der Waals surface area contributed by atoms with Crippen molar-refractivity contribution >= 4 is 17.9 Å². The lowest BCUT2D eigenvalue weighted by Gasteiger charge is -2.43. The lowest BCUT2D eigenvalue weighted by molar-refractivity contribution is -0.243. The number of rotatable bonds is 12. The van der Waals surface area contributed by atoms with Crippen molar-refractivity contribution in [2.45, 2.75) is 68.7 Å².